The van der Waals surface area contributed by atoms with Gasteiger partial charge >= 0.3 is 5.97 Å². The fourth-order valence-electron chi connectivity index (χ4n) is 6.77. The lowest BCUT2D eigenvalue weighted by molar-refractivity contribution is -0.151. The summed E-state index contributed by atoms with van der Waals surface area (Å²) in [7, 11) is 0. The Kier molecular flexibility index (Phi) is 44.3. The molecule has 1 amide bonds. The lowest BCUT2D eigenvalue weighted by Crippen LogP contribution is -2.46. The van der Waals surface area contributed by atoms with Crippen molar-refractivity contribution in [3.8, 4) is 0 Å². The van der Waals surface area contributed by atoms with Crippen LogP contribution in [0, 0.1) is 0 Å². The monoisotopic (exact) mass is 834 g/mol. The molecule has 342 valence electrons. The first-order valence-electron chi connectivity index (χ1n) is 24.5. The Hall–Kier alpha value is -3.22. The summed E-state index contributed by atoms with van der Waals surface area (Å²) in [6.07, 6.45) is 61.8. The van der Waals surface area contributed by atoms with E-state index in [9.17, 15) is 19.8 Å². The van der Waals surface area contributed by atoms with Crippen molar-refractivity contribution in [1.82, 2.24) is 5.32 Å². The SMILES string of the molecule is CC/C=C\C/C=C\C/C=C\C/C=C\C/C=C\CCCC(=O)OC(CCCCCC/C=C/C/C=C/C/C=C/CC)CC(=O)NC(CO)C(O)CCCCCCCCCCCC. The third kappa shape index (κ3) is 41.5. The zero-order valence-corrected chi connectivity index (χ0v) is 38.8. The largest absolute Gasteiger partial charge is 0.462 e. The van der Waals surface area contributed by atoms with Crippen LogP contribution < -0.4 is 5.32 Å². The van der Waals surface area contributed by atoms with Gasteiger partial charge in [0.1, 0.15) is 6.10 Å². The topological polar surface area (TPSA) is 95.9 Å². The molecule has 0 saturated heterocycles. The molecule has 6 heteroatoms. The van der Waals surface area contributed by atoms with E-state index in [0.29, 0.717) is 25.7 Å². The van der Waals surface area contributed by atoms with Crippen molar-refractivity contribution in [3.63, 3.8) is 0 Å². The summed E-state index contributed by atoms with van der Waals surface area (Å²) in [5, 5.41) is 23.7. The third-order valence-electron chi connectivity index (χ3n) is 10.4. The zero-order chi connectivity index (χ0) is 43.8. The van der Waals surface area contributed by atoms with Crippen molar-refractivity contribution in [1.29, 1.82) is 0 Å². The molecule has 0 bridgehead atoms. The lowest BCUT2D eigenvalue weighted by Gasteiger charge is -2.24. The predicted octanol–water partition coefficient (Wildman–Crippen LogP) is 14.6. The van der Waals surface area contributed by atoms with Crippen molar-refractivity contribution in [2.24, 2.45) is 0 Å². The molecule has 0 aliphatic carbocycles. The molecule has 3 unspecified atom stereocenters. The molecule has 0 rings (SSSR count). The molecular formula is C54H91NO5. The van der Waals surface area contributed by atoms with Crippen LogP contribution in [0.4, 0.5) is 0 Å². The molecule has 0 heterocycles. The lowest BCUT2D eigenvalue weighted by atomic mass is 10.0. The van der Waals surface area contributed by atoms with Gasteiger partial charge < -0.3 is 20.3 Å². The van der Waals surface area contributed by atoms with Crippen LogP contribution in [0.5, 0.6) is 0 Å². The van der Waals surface area contributed by atoms with Crippen molar-refractivity contribution in [2.45, 2.75) is 225 Å². The Labute approximate surface area is 369 Å². The maximum atomic E-state index is 13.2. The van der Waals surface area contributed by atoms with Gasteiger partial charge in [-0.1, -0.05) is 195 Å². The highest BCUT2D eigenvalue weighted by molar-refractivity contribution is 5.77. The van der Waals surface area contributed by atoms with Crippen LogP contribution in [0.15, 0.2) is 97.2 Å². The summed E-state index contributed by atoms with van der Waals surface area (Å²) in [6.45, 7) is 6.21. The molecule has 0 spiro atoms. The van der Waals surface area contributed by atoms with Crippen LogP contribution in [0.3, 0.4) is 0 Å². The smallest absolute Gasteiger partial charge is 0.306 e. The van der Waals surface area contributed by atoms with Gasteiger partial charge in [0.15, 0.2) is 0 Å². The van der Waals surface area contributed by atoms with Crippen LogP contribution in [0.1, 0.15) is 207 Å². The zero-order valence-electron chi connectivity index (χ0n) is 38.8. The maximum Gasteiger partial charge on any atom is 0.306 e. The molecule has 3 N–H and O–H groups in total. The average Bonchev–Trinajstić information content (AvgIpc) is 3.24. The van der Waals surface area contributed by atoms with Crippen LogP contribution in [-0.2, 0) is 14.3 Å². The minimum Gasteiger partial charge on any atom is -0.462 e. The van der Waals surface area contributed by atoms with Gasteiger partial charge in [0.2, 0.25) is 5.91 Å². The predicted molar refractivity (Wildman–Crippen MR) is 259 cm³/mol. The number of amides is 1. The normalized spacial score (nSPS) is 14.2. The Morgan fingerprint density at radius 3 is 1.37 bits per heavy atom. The number of aliphatic hydroxyl groups excluding tert-OH is 2. The molecule has 0 aromatic heterocycles. The number of aliphatic hydroxyl groups is 2. The van der Waals surface area contributed by atoms with Crippen LogP contribution in [-0.4, -0.2) is 46.9 Å². The second-order valence-electron chi connectivity index (χ2n) is 16.1. The summed E-state index contributed by atoms with van der Waals surface area (Å²) in [6, 6.07) is -0.725. The third-order valence-corrected chi connectivity index (χ3v) is 10.4. The first-order valence-corrected chi connectivity index (χ1v) is 24.5. The highest BCUT2D eigenvalue weighted by atomic mass is 16.5. The average molecular weight is 834 g/mol. The first-order chi connectivity index (χ1) is 29.5. The van der Waals surface area contributed by atoms with Gasteiger partial charge in [-0.25, -0.2) is 0 Å². The van der Waals surface area contributed by atoms with E-state index < -0.39 is 18.2 Å². The Morgan fingerprint density at radius 1 is 0.500 bits per heavy atom. The number of unbranched alkanes of at least 4 members (excludes halogenated alkanes) is 14. The quantitative estimate of drug-likeness (QED) is 0.0323. The number of carbonyl (C=O) groups is 2. The number of allylic oxidation sites excluding steroid dienone is 16. The van der Waals surface area contributed by atoms with E-state index in [1.807, 2.05) is 0 Å². The van der Waals surface area contributed by atoms with E-state index >= 15 is 0 Å². The summed E-state index contributed by atoms with van der Waals surface area (Å²) < 4.78 is 5.88. The van der Waals surface area contributed by atoms with Crippen molar-refractivity contribution in [2.75, 3.05) is 6.61 Å². The molecular weight excluding hydrogens is 743 g/mol. The Balaban J connectivity index is 4.75. The Bertz CT molecular complexity index is 1210. The first kappa shape index (κ1) is 56.8. The molecule has 0 saturated carbocycles. The van der Waals surface area contributed by atoms with E-state index in [-0.39, 0.29) is 24.9 Å². The van der Waals surface area contributed by atoms with Gasteiger partial charge in [-0.15, -0.1) is 0 Å². The molecule has 0 fully saturated rings. The maximum absolute atomic E-state index is 13.2. The summed E-state index contributed by atoms with van der Waals surface area (Å²) >= 11 is 0. The molecule has 60 heavy (non-hydrogen) atoms. The number of rotatable bonds is 42. The summed E-state index contributed by atoms with van der Waals surface area (Å²) in [4.78, 5) is 26.1. The standard InChI is InChI=1S/C54H91NO5/c1-4-7-10-13-16-19-22-24-26-27-28-30-32-35-38-41-44-47-54(59)60-50(45-42-39-36-33-31-29-25-23-20-17-14-11-8-5-2)48-53(58)55-51(49-56)52(57)46-43-40-37-34-21-18-15-12-9-6-3/h7-8,10-11,16-17,19-20,24-26,28-30,35,38,50-52,56-57H,4-6,9,12-15,18,21-23,27,31-34,36-37,39-49H2,1-3H3,(H,55,58)/b10-7-,11-8+,19-16-,20-17+,26-24-,29-25+,30-28-,38-35-. The van der Waals surface area contributed by atoms with Gasteiger partial charge in [0, 0.05) is 6.42 Å². The molecule has 0 radical (unpaired) electrons. The molecule has 0 aliphatic heterocycles. The number of esters is 1. The number of nitrogens with one attached hydrogen (secondary N) is 1. The number of hydrogen-bond donors (Lipinski definition) is 3. The molecule has 0 aromatic rings. The molecule has 6 nitrogen and oxygen atoms in total. The van der Waals surface area contributed by atoms with Crippen molar-refractivity contribution in [3.05, 3.63) is 97.2 Å². The minimum atomic E-state index is -0.807. The molecule has 3 atom stereocenters. The van der Waals surface area contributed by atoms with Gasteiger partial charge in [-0.3, -0.25) is 9.59 Å². The highest BCUT2D eigenvalue weighted by Crippen LogP contribution is 2.16. The van der Waals surface area contributed by atoms with Crippen molar-refractivity contribution < 1.29 is 24.5 Å². The Morgan fingerprint density at radius 2 is 0.900 bits per heavy atom. The summed E-state index contributed by atoms with van der Waals surface area (Å²) in [5.41, 5.74) is 0. The van der Waals surface area contributed by atoms with Gasteiger partial charge in [-0.2, -0.15) is 0 Å². The second kappa shape index (κ2) is 46.8. The van der Waals surface area contributed by atoms with Gasteiger partial charge in [0.05, 0.1) is 25.2 Å². The van der Waals surface area contributed by atoms with E-state index in [0.717, 1.165) is 109 Å². The fraction of sp³-hybridized carbons (Fsp3) is 0.667. The van der Waals surface area contributed by atoms with Crippen LogP contribution >= 0.6 is 0 Å². The summed E-state index contributed by atoms with van der Waals surface area (Å²) in [5.74, 6) is -0.575. The van der Waals surface area contributed by atoms with E-state index in [1.54, 1.807) is 0 Å². The van der Waals surface area contributed by atoms with Crippen molar-refractivity contribution >= 4 is 11.9 Å². The van der Waals surface area contributed by atoms with Gasteiger partial charge in [-0.05, 0) is 96.3 Å². The van der Waals surface area contributed by atoms with E-state index in [1.165, 1.54) is 44.9 Å². The fourth-order valence-corrected chi connectivity index (χ4v) is 6.77. The van der Waals surface area contributed by atoms with Gasteiger partial charge in [0.25, 0.3) is 0 Å². The van der Waals surface area contributed by atoms with E-state index in [4.69, 9.17) is 4.74 Å². The van der Waals surface area contributed by atoms with Crippen LogP contribution in [0.2, 0.25) is 0 Å². The number of carbonyl (C=O) groups excluding carboxylic acids is 2. The van der Waals surface area contributed by atoms with E-state index in [2.05, 4.69) is 123 Å². The minimum absolute atomic E-state index is 0.0342. The van der Waals surface area contributed by atoms with Crippen LogP contribution in [0.25, 0.3) is 0 Å². The number of hydrogen-bond acceptors (Lipinski definition) is 5. The highest BCUT2D eigenvalue weighted by Gasteiger charge is 2.24. The molecule has 0 aromatic carbocycles. The number of ether oxygens (including phenoxy) is 1. The second-order valence-corrected chi connectivity index (χ2v) is 16.1. The molecule has 0 aliphatic rings.